The van der Waals surface area contributed by atoms with Gasteiger partial charge in [0.1, 0.15) is 5.58 Å². The van der Waals surface area contributed by atoms with Crippen molar-refractivity contribution in [3.05, 3.63) is 65.9 Å². The molecular weight excluding hydrogens is 511 g/mol. The second-order valence-electron chi connectivity index (χ2n) is 12.6. The van der Waals surface area contributed by atoms with Crippen LogP contribution in [0.1, 0.15) is 44.7 Å². The Labute approximate surface area is 231 Å². The number of furan rings is 1. The summed E-state index contributed by atoms with van der Waals surface area (Å²) in [5.74, 6) is 0.496. The highest BCUT2D eigenvalue weighted by Gasteiger charge is 2.68. The van der Waals surface area contributed by atoms with Crippen molar-refractivity contribution in [2.45, 2.75) is 64.1 Å². The first-order valence-corrected chi connectivity index (χ1v) is 16.1. The molecule has 7 rings (SSSR count). The molecule has 4 fully saturated rings. The summed E-state index contributed by atoms with van der Waals surface area (Å²) in [5.41, 5.74) is 2.97. The summed E-state index contributed by atoms with van der Waals surface area (Å²) < 4.78 is 35.9. The molecule has 2 bridgehead atoms. The lowest BCUT2D eigenvalue weighted by molar-refractivity contribution is -0.199. The number of hydrogen-bond donors (Lipinski definition) is 1. The van der Waals surface area contributed by atoms with E-state index in [0.717, 1.165) is 34.9 Å². The number of fused-ring (bicyclic) bond motifs is 1. The van der Waals surface area contributed by atoms with Gasteiger partial charge in [0, 0.05) is 27.6 Å². The van der Waals surface area contributed by atoms with Crippen LogP contribution in [0, 0.1) is 17.3 Å². The molecule has 9 heteroatoms. The molecule has 1 saturated heterocycles. The Hall–Kier alpha value is -2.62. The van der Waals surface area contributed by atoms with E-state index in [-0.39, 0.29) is 29.4 Å². The van der Waals surface area contributed by atoms with E-state index in [9.17, 15) is 9.00 Å². The van der Waals surface area contributed by atoms with Gasteiger partial charge in [-0.05, 0) is 66.7 Å². The number of para-hydroxylation sites is 1. The van der Waals surface area contributed by atoms with Gasteiger partial charge in [-0.1, -0.05) is 50.2 Å². The van der Waals surface area contributed by atoms with Gasteiger partial charge >= 0.3 is 7.12 Å². The Morgan fingerprint density at radius 2 is 1.85 bits per heavy atom. The number of benzene rings is 2. The lowest BCUT2D eigenvalue weighted by atomic mass is 9.43. The summed E-state index contributed by atoms with van der Waals surface area (Å²) >= 11 is 0. The molecule has 1 N–H and O–H groups in total. The van der Waals surface area contributed by atoms with Crippen LogP contribution in [0.2, 0.25) is 0 Å². The average molecular weight is 549 g/mol. The molecule has 3 aliphatic carbocycles. The number of carbonyl (C=O) groups is 1. The zero-order valence-electron chi connectivity index (χ0n) is 23.3. The third-order valence-electron chi connectivity index (χ3n) is 9.31. The zero-order valence-corrected chi connectivity index (χ0v) is 24.1. The van der Waals surface area contributed by atoms with Crippen LogP contribution in [0.4, 0.5) is 5.69 Å². The number of amides is 1. The van der Waals surface area contributed by atoms with Crippen LogP contribution < -0.4 is 5.32 Å². The normalized spacial score (nSPS) is 28.0. The lowest BCUT2D eigenvalue weighted by Gasteiger charge is -2.64. The molecule has 3 saturated carbocycles. The Balaban J connectivity index is 1.27. The molecule has 3 aromatic rings. The van der Waals surface area contributed by atoms with E-state index in [1.54, 1.807) is 24.8 Å². The van der Waals surface area contributed by atoms with Gasteiger partial charge in [-0.25, -0.2) is 4.21 Å². The number of carbonyl (C=O) groups excluding carboxylic acids is 1. The van der Waals surface area contributed by atoms with Crippen molar-refractivity contribution < 1.29 is 22.7 Å². The largest absolute Gasteiger partial charge is 0.482 e. The Bertz CT molecular complexity index is 1530. The van der Waals surface area contributed by atoms with Crippen LogP contribution in [0.5, 0.6) is 0 Å². The van der Waals surface area contributed by atoms with E-state index in [1.807, 2.05) is 42.5 Å². The summed E-state index contributed by atoms with van der Waals surface area (Å²) in [6, 6.07) is 15.3. The van der Waals surface area contributed by atoms with Crippen molar-refractivity contribution in [2.24, 2.45) is 21.6 Å². The van der Waals surface area contributed by atoms with Crippen molar-refractivity contribution in [3.8, 4) is 0 Å². The third-order valence-corrected chi connectivity index (χ3v) is 9.94. The third kappa shape index (κ3) is 4.83. The van der Waals surface area contributed by atoms with E-state index in [4.69, 9.17) is 13.7 Å². The van der Waals surface area contributed by atoms with Crippen LogP contribution in [-0.2, 0) is 36.7 Å². The maximum atomic E-state index is 13.5. The standard InChI is InChI=1S/C30H37BN2O5S/c1-29(2)21-16-25(29)30(3)26(17-21)37-31(38-30)27(14-20-18-36-24-13-9-7-11-22(20)24)32-28(34)15-19-10-6-8-12-23(19)33-39(4,5)35/h6-13,18,21,25-27H,14-17H2,1-5H3,(H,32,34)/t21-,25-,26+,27-,30-/m0/s1. The minimum atomic E-state index is -2.36. The molecule has 1 aliphatic heterocycles. The molecule has 7 nitrogen and oxygen atoms in total. The fraction of sp³-hybridized carbons (Fsp3) is 0.500. The predicted molar refractivity (Wildman–Crippen MR) is 154 cm³/mol. The molecule has 0 spiro atoms. The van der Waals surface area contributed by atoms with Gasteiger partial charge in [-0.15, -0.1) is 0 Å². The molecule has 5 atom stereocenters. The summed E-state index contributed by atoms with van der Waals surface area (Å²) in [7, 11) is -2.94. The van der Waals surface area contributed by atoms with E-state index in [0.29, 0.717) is 23.9 Å². The molecule has 206 valence electrons. The Morgan fingerprint density at radius 1 is 1.10 bits per heavy atom. The minimum absolute atomic E-state index is 0.0153. The average Bonchev–Trinajstić information content (AvgIpc) is 3.44. The van der Waals surface area contributed by atoms with Crippen molar-refractivity contribution >= 4 is 39.4 Å². The van der Waals surface area contributed by atoms with Crippen molar-refractivity contribution in [2.75, 3.05) is 12.5 Å². The highest BCUT2D eigenvalue weighted by atomic mass is 32.2. The molecule has 4 aliphatic rings. The van der Waals surface area contributed by atoms with Gasteiger partial charge in [0.15, 0.2) is 0 Å². The molecule has 0 unspecified atom stereocenters. The van der Waals surface area contributed by atoms with Gasteiger partial charge in [0.25, 0.3) is 0 Å². The van der Waals surface area contributed by atoms with Crippen LogP contribution in [0.3, 0.4) is 0 Å². The molecular formula is C30H37BN2O5S. The first-order chi connectivity index (χ1) is 18.4. The Morgan fingerprint density at radius 3 is 2.62 bits per heavy atom. The van der Waals surface area contributed by atoms with E-state index in [2.05, 4.69) is 30.5 Å². The smallest absolute Gasteiger partial charge is 0.464 e. The van der Waals surface area contributed by atoms with Crippen LogP contribution in [0.25, 0.3) is 11.0 Å². The van der Waals surface area contributed by atoms with Gasteiger partial charge in [-0.2, -0.15) is 4.36 Å². The molecule has 2 aromatic carbocycles. The topological polar surface area (TPSA) is 90.1 Å². The summed E-state index contributed by atoms with van der Waals surface area (Å²) in [5, 5.41) is 4.25. The zero-order chi connectivity index (χ0) is 27.6. The van der Waals surface area contributed by atoms with Gasteiger partial charge < -0.3 is 19.0 Å². The van der Waals surface area contributed by atoms with Crippen LogP contribution in [0.15, 0.2) is 63.6 Å². The number of nitrogens with zero attached hydrogens (tertiary/aromatic N) is 1. The summed E-state index contributed by atoms with van der Waals surface area (Å²) in [6.45, 7) is 6.87. The number of nitrogens with one attached hydrogen (secondary N) is 1. The first kappa shape index (κ1) is 26.6. The second-order valence-corrected chi connectivity index (χ2v) is 15.1. The molecule has 0 radical (unpaired) electrons. The first-order valence-electron chi connectivity index (χ1n) is 13.8. The lowest BCUT2D eigenvalue weighted by Crippen LogP contribution is -2.65. The van der Waals surface area contributed by atoms with E-state index in [1.165, 1.54) is 0 Å². The summed E-state index contributed by atoms with van der Waals surface area (Å²) in [4.78, 5) is 13.5. The molecule has 1 amide bonds. The van der Waals surface area contributed by atoms with Gasteiger partial charge in [0.2, 0.25) is 5.91 Å². The minimum Gasteiger partial charge on any atom is -0.464 e. The maximum Gasteiger partial charge on any atom is 0.482 e. The highest BCUT2D eigenvalue weighted by molar-refractivity contribution is 7.92. The fourth-order valence-corrected chi connectivity index (χ4v) is 7.78. The molecule has 1 aromatic heterocycles. The number of rotatable bonds is 7. The van der Waals surface area contributed by atoms with Crippen LogP contribution >= 0.6 is 0 Å². The highest BCUT2D eigenvalue weighted by Crippen LogP contribution is 2.65. The van der Waals surface area contributed by atoms with Crippen molar-refractivity contribution in [1.82, 2.24) is 5.32 Å². The molecule has 2 heterocycles. The quantitative estimate of drug-likeness (QED) is 0.403. The molecule has 39 heavy (non-hydrogen) atoms. The van der Waals surface area contributed by atoms with Crippen molar-refractivity contribution in [3.63, 3.8) is 0 Å². The number of hydrogen-bond acceptors (Lipinski definition) is 6. The fourth-order valence-electron chi connectivity index (χ4n) is 7.13. The maximum absolute atomic E-state index is 13.5. The SMILES string of the molecule is CC1(C)[C@@H]2C[C@H]3OB([C@H](Cc4coc5ccccc45)NC(=O)Cc4ccccc4N=S(C)(C)=O)O[C@@]3(C)[C@H]1C2. The van der Waals surface area contributed by atoms with Crippen LogP contribution in [-0.4, -0.2) is 47.4 Å². The van der Waals surface area contributed by atoms with Gasteiger partial charge in [0.05, 0.1) is 36.0 Å². The van der Waals surface area contributed by atoms with Gasteiger partial charge in [-0.3, -0.25) is 4.79 Å². The van der Waals surface area contributed by atoms with E-state index < -0.39 is 22.8 Å². The predicted octanol–water partition coefficient (Wildman–Crippen LogP) is 5.33. The second kappa shape index (κ2) is 9.49. The van der Waals surface area contributed by atoms with Crippen molar-refractivity contribution in [1.29, 1.82) is 0 Å². The Kier molecular flexibility index (Phi) is 6.47. The monoisotopic (exact) mass is 548 g/mol. The summed E-state index contributed by atoms with van der Waals surface area (Å²) in [6.07, 6.45) is 7.74. The van der Waals surface area contributed by atoms with E-state index >= 15 is 0 Å².